The molecule has 0 saturated carbocycles. The minimum absolute atomic E-state index is 0.225. The highest BCUT2D eigenvalue weighted by Crippen LogP contribution is 2.26. The van der Waals surface area contributed by atoms with E-state index in [-0.39, 0.29) is 6.09 Å². The van der Waals surface area contributed by atoms with Crippen molar-refractivity contribution in [3.63, 3.8) is 0 Å². The molecular weight excluding hydrogens is 262 g/mol. The van der Waals surface area contributed by atoms with Crippen LogP contribution in [-0.2, 0) is 17.6 Å². The van der Waals surface area contributed by atoms with E-state index in [9.17, 15) is 4.79 Å². The Morgan fingerprint density at radius 3 is 2.68 bits per heavy atom. The fourth-order valence-electron chi connectivity index (χ4n) is 1.98. The molecule has 0 saturated heterocycles. The van der Waals surface area contributed by atoms with Gasteiger partial charge in [-0.3, -0.25) is 0 Å². The van der Waals surface area contributed by atoms with E-state index in [1.54, 1.807) is 16.2 Å². The molecule has 1 aromatic heterocycles. The number of rotatable bonds is 1. The molecule has 5 nitrogen and oxygen atoms in total. The van der Waals surface area contributed by atoms with E-state index in [1.165, 1.54) is 4.88 Å². The second-order valence-electron chi connectivity index (χ2n) is 5.61. The lowest BCUT2D eigenvalue weighted by Crippen LogP contribution is -2.38. The van der Waals surface area contributed by atoms with Gasteiger partial charge in [0.2, 0.25) is 0 Å². The van der Waals surface area contributed by atoms with Gasteiger partial charge in [0.1, 0.15) is 5.60 Å². The van der Waals surface area contributed by atoms with Gasteiger partial charge >= 0.3 is 6.09 Å². The zero-order valence-electron chi connectivity index (χ0n) is 11.9. The average molecular weight is 283 g/mol. The molecular formula is C13H21N3O2S. The molecule has 6 heteroatoms. The van der Waals surface area contributed by atoms with Crippen LogP contribution in [0.3, 0.4) is 0 Å². The molecule has 2 rings (SSSR count). The third-order valence-electron chi connectivity index (χ3n) is 2.87. The summed E-state index contributed by atoms with van der Waals surface area (Å²) in [5, 5.41) is 4.03. The summed E-state index contributed by atoms with van der Waals surface area (Å²) in [7, 11) is 1.88. The van der Waals surface area contributed by atoms with Crippen molar-refractivity contribution in [2.24, 2.45) is 0 Å². The molecule has 0 aliphatic carbocycles. The molecule has 0 aromatic carbocycles. The number of fused-ring (bicyclic) bond motifs is 1. The molecule has 106 valence electrons. The van der Waals surface area contributed by atoms with Gasteiger partial charge in [-0.15, -0.1) is 11.3 Å². The number of thiazole rings is 1. The van der Waals surface area contributed by atoms with Crippen molar-refractivity contribution >= 4 is 22.6 Å². The van der Waals surface area contributed by atoms with Crippen LogP contribution < -0.4 is 5.32 Å². The molecule has 1 amide bonds. The first-order chi connectivity index (χ1) is 8.89. The highest BCUT2D eigenvalue weighted by molar-refractivity contribution is 7.15. The summed E-state index contributed by atoms with van der Waals surface area (Å²) in [6, 6.07) is 0. The van der Waals surface area contributed by atoms with Gasteiger partial charge in [0.15, 0.2) is 5.13 Å². The van der Waals surface area contributed by atoms with E-state index in [2.05, 4.69) is 10.3 Å². The second-order valence-corrected chi connectivity index (χ2v) is 6.69. The standard InChI is InChI=1S/C13H21N3O2S/c1-13(2,3)18-12(17)16-7-5-9-10(6-8-16)19-11(14-4)15-9/h5-8H2,1-4H3,(H,14,15). The molecule has 1 aromatic rings. The molecule has 0 fully saturated rings. The summed E-state index contributed by atoms with van der Waals surface area (Å²) in [5.41, 5.74) is 0.673. The molecule has 0 spiro atoms. The lowest BCUT2D eigenvalue weighted by molar-refractivity contribution is 0.0258. The lowest BCUT2D eigenvalue weighted by Gasteiger charge is -2.26. The predicted octanol–water partition coefficient (Wildman–Crippen LogP) is 2.52. The van der Waals surface area contributed by atoms with E-state index in [0.717, 1.165) is 23.7 Å². The predicted molar refractivity (Wildman–Crippen MR) is 76.9 cm³/mol. The maximum atomic E-state index is 12.0. The third kappa shape index (κ3) is 3.59. The largest absolute Gasteiger partial charge is 0.444 e. The van der Waals surface area contributed by atoms with Crippen LogP contribution in [0.25, 0.3) is 0 Å². The fourth-order valence-corrected chi connectivity index (χ4v) is 2.93. The van der Waals surface area contributed by atoms with Crippen LogP contribution in [0.5, 0.6) is 0 Å². The Morgan fingerprint density at radius 2 is 2.05 bits per heavy atom. The van der Waals surface area contributed by atoms with Crippen molar-refractivity contribution < 1.29 is 9.53 Å². The number of nitrogens with zero attached hydrogens (tertiary/aromatic N) is 2. The van der Waals surface area contributed by atoms with Gasteiger partial charge in [0.05, 0.1) is 5.69 Å². The molecule has 1 N–H and O–H groups in total. The first-order valence-corrected chi connectivity index (χ1v) is 7.35. The number of hydrogen-bond acceptors (Lipinski definition) is 5. The number of carbonyl (C=O) groups is 1. The van der Waals surface area contributed by atoms with E-state index in [4.69, 9.17) is 4.74 Å². The maximum absolute atomic E-state index is 12.0. The number of hydrogen-bond donors (Lipinski definition) is 1. The highest BCUT2D eigenvalue weighted by Gasteiger charge is 2.25. The van der Waals surface area contributed by atoms with Gasteiger partial charge in [-0.05, 0) is 20.8 Å². The van der Waals surface area contributed by atoms with Crippen molar-refractivity contribution in [3.8, 4) is 0 Å². The van der Waals surface area contributed by atoms with Gasteiger partial charge in [0, 0.05) is 37.9 Å². The Bertz CT molecular complexity index is 439. The minimum atomic E-state index is -0.439. The molecule has 0 bridgehead atoms. The van der Waals surface area contributed by atoms with E-state index < -0.39 is 5.60 Å². The second kappa shape index (κ2) is 5.36. The number of ether oxygens (including phenoxy) is 1. The number of carbonyl (C=O) groups excluding carboxylic acids is 1. The summed E-state index contributed by atoms with van der Waals surface area (Å²) >= 11 is 1.67. The van der Waals surface area contributed by atoms with Gasteiger partial charge in [-0.25, -0.2) is 9.78 Å². The van der Waals surface area contributed by atoms with E-state index in [0.29, 0.717) is 13.1 Å². The zero-order valence-corrected chi connectivity index (χ0v) is 12.8. The van der Waals surface area contributed by atoms with E-state index >= 15 is 0 Å². The van der Waals surface area contributed by atoms with Crippen LogP contribution in [0, 0.1) is 0 Å². The van der Waals surface area contributed by atoms with Crippen molar-refractivity contribution in [2.75, 3.05) is 25.5 Å². The number of aromatic nitrogens is 1. The average Bonchev–Trinajstić information content (AvgIpc) is 2.59. The Morgan fingerprint density at radius 1 is 1.37 bits per heavy atom. The summed E-state index contributed by atoms with van der Waals surface area (Å²) in [4.78, 5) is 19.6. The number of amides is 1. The van der Waals surface area contributed by atoms with Crippen molar-refractivity contribution in [3.05, 3.63) is 10.6 Å². The quantitative estimate of drug-likeness (QED) is 0.860. The first kappa shape index (κ1) is 14.1. The topological polar surface area (TPSA) is 54.5 Å². The van der Waals surface area contributed by atoms with Crippen molar-refractivity contribution in [1.29, 1.82) is 0 Å². The van der Waals surface area contributed by atoms with Crippen molar-refractivity contribution in [1.82, 2.24) is 9.88 Å². The molecule has 19 heavy (non-hydrogen) atoms. The Labute approximate surface area is 118 Å². The van der Waals surface area contributed by atoms with E-state index in [1.807, 2.05) is 27.8 Å². The van der Waals surface area contributed by atoms with Crippen LogP contribution in [0.2, 0.25) is 0 Å². The number of anilines is 1. The molecule has 2 heterocycles. The van der Waals surface area contributed by atoms with Crippen LogP contribution in [0.15, 0.2) is 0 Å². The molecule has 0 unspecified atom stereocenters. The maximum Gasteiger partial charge on any atom is 0.410 e. The Balaban J connectivity index is 2.00. The normalized spacial score (nSPS) is 15.7. The summed E-state index contributed by atoms with van der Waals surface area (Å²) in [5.74, 6) is 0. The van der Waals surface area contributed by atoms with Crippen LogP contribution in [0.4, 0.5) is 9.93 Å². The van der Waals surface area contributed by atoms with Crippen LogP contribution >= 0.6 is 11.3 Å². The SMILES string of the molecule is CNc1nc2c(s1)CCN(C(=O)OC(C)(C)C)CC2. The zero-order chi connectivity index (χ0) is 14.0. The Kier molecular flexibility index (Phi) is 3.99. The van der Waals surface area contributed by atoms with Gasteiger partial charge < -0.3 is 15.0 Å². The van der Waals surface area contributed by atoms with Crippen LogP contribution in [0.1, 0.15) is 31.3 Å². The lowest BCUT2D eigenvalue weighted by atomic mass is 10.2. The highest BCUT2D eigenvalue weighted by atomic mass is 32.1. The minimum Gasteiger partial charge on any atom is -0.444 e. The van der Waals surface area contributed by atoms with Gasteiger partial charge in [-0.2, -0.15) is 0 Å². The molecule has 1 aliphatic rings. The third-order valence-corrected chi connectivity index (χ3v) is 4.05. The smallest absolute Gasteiger partial charge is 0.410 e. The molecule has 0 atom stereocenters. The molecule has 1 aliphatic heterocycles. The summed E-state index contributed by atoms with van der Waals surface area (Å²) in [6.45, 7) is 7.04. The van der Waals surface area contributed by atoms with Gasteiger partial charge in [-0.1, -0.05) is 0 Å². The Hall–Kier alpha value is -1.30. The first-order valence-electron chi connectivity index (χ1n) is 6.53. The number of nitrogens with one attached hydrogen (secondary N) is 1. The molecule has 0 radical (unpaired) electrons. The van der Waals surface area contributed by atoms with Crippen LogP contribution in [-0.4, -0.2) is 41.7 Å². The fraction of sp³-hybridized carbons (Fsp3) is 0.692. The van der Waals surface area contributed by atoms with Gasteiger partial charge in [0.25, 0.3) is 0 Å². The summed E-state index contributed by atoms with van der Waals surface area (Å²) < 4.78 is 5.41. The summed E-state index contributed by atoms with van der Waals surface area (Å²) in [6.07, 6.45) is 1.43. The monoisotopic (exact) mass is 283 g/mol. The van der Waals surface area contributed by atoms with Crippen molar-refractivity contribution in [2.45, 2.75) is 39.2 Å².